The van der Waals surface area contributed by atoms with E-state index in [-0.39, 0.29) is 21.1 Å². The van der Waals surface area contributed by atoms with Gasteiger partial charge in [-0.25, -0.2) is 4.98 Å². The average molecular weight is 940 g/mol. The Hall–Kier alpha value is -7.21. The molecule has 5 aromatic heterocycles. The number of pyridine rings is 1. The van der Waals surface area contributed by atoms with Crippen molar-refractivity contribution in [2.45, 2.75) is 0 Å². The maximum absolute atomic E-state index is 6.63. The van der Waals surface area contributed by atoms with Gasteiger partial charge in [-0.3, -0.25) is 4.57 Å². The van der Waals surface area contributed by atoms with Crippen LogP contribution in [-0.2, 0) is 28.1 Å². The van der Waals surface area contributed by atoms with E-state index in [2.05, 4.69) is 142 Å². The Kier molecular flexibility index (Phi) is 8.14. The van der Waals surface area contributed by atoms with Gasteiger partial charge in [-0.2, -0.15) is 18.2 Å². The standard InChI is InChI=1S/C51H32N6O.Pt/c1-53-42-23-10-8-21-39(42)46-47-41-27-26-38(58-37-20-14-19-36(31-37)55-30-29-54(33-55)34-15-4-2-5-16-34)32-44(41)57(45-25-12-13-28-52-45)50(47)51-48(49(46)53)40-22-9-11-24-43(40)56(51)35-17-6-3-7-18-35;/h2-30H,1H3;/q-2;. The fourth-order valence-electron chi connectivity index (χ4n) is 8.87. The summed E-state index contributed by atoms with van der Waals surface area (Å²) in [6.45, 7) is 0. The second kappa shape index (κ2) is 13.7. The number of nitrogens with zero attached hydrogens (tertiary/aromatic N) is 6. The Labute approximate surface area is 353 Å². The number of rotatable bonds is 6. The molecule has 12 rings (SSSR count). The first-order valence-corrected chi connectivity index (χ1v) is 19.3. The largest absolute Gasteiger partial charge is 0.510 e. The zero-order valence-electron chi connectivity index (χ0n) is 31.7. The predicted octanol–water partition coefficient (Wildman–Crippen LogP) is 11.2. The summed E-state index contributed by atoms with van der Waals surface area (Å²) < 4.78 is 17.6. The average Bonchev–Trinajstić information content (AvgIpc) is 4.06. The summed E-state index contributed by atoms with van der Waals surface area (Å²) >= 11 is 0. The van der Waals surface area contributed by atoms with Gasteiger partial charge in [0.25, 0.3) is 6.33 Å². The van der Waals surface area contributed by atoms with Crippen molar-refractivity contribution in [2.75, 3.05) is 0 Å². The molecule has 0 aliphatic carbocycles. The van der Waals surface area contributed by atoms with Crippen LogP contribution in [-0.4, -0.2) is 23.3 Å². The molecule has 0 N–H and O–H groups in total. The molecule has 7 aromatic carbocycles. The van der Waals surface area contributed by atoms with Crippen molar-refractivity contribution in [3.8, 4) is 34.4 Å². The maximum Gasteiger partial charge on any atom is 0.267 e. The third-order valence-electron chi connectivity index (χ3n) is 11.3. The van der Waals surface area contributed by atoms with Gasteiger partial charge in [0.1, 0.15) is 5.82 Å². The molecule has 8 heteroatoms. The molecule has 5 heterocycles. The second-order valence-corrected chi connectivity index (χ2v) is 14.5. The van der Waals surface area contributed by atoms with Crippen LogP contribution in [0.2, 0.25) is 0 Å². The SMILES string of the molecule is Cn1c2ccccc2c2c3c4ccc(Oc5[c-]c(-[n+]6[c-]n(-c7ccccc7)cc6)ccc5)[c-]c4n(-c4ccccn4)c3c3c(c4ccccc4n3-c3ccccc3)c21.[Pt]. The summed E-state index contributed by atoms with van der Waals surface area (Å²) in [5.41, 5.74) is 9.47. The van der Waals surface area contributed by atoms with Crippen LogP contribution in [0.4, 0.5) is 0 Å². The summed E-state index contributed by atoms with van der Waals surface area (Å²) in [5, 5.41) is 6.99. The van der Waals surface area contributed by atoms with Gasteiger partial charge in [0.2, 0.25) is 0 Å². The number of hydrogen-bond acceptors (Lipinski definition) is 2. The molecule has 0 bridgehead atoms. The second-order valence-electron chi connectivity index (χ2n) is 14.5. The summed E-state index contributed by atoms with van der Waals surface area (Å²) in [6, 6.07) is 61.7. The minimum Gasteiger partial charge on any atom is -0.510 e. The molecule has 0 spiro atoms. The van der Waals surface area contributed by atoms with Gasteiger partial charge in [-0.15, -0.1) is 29.7 Å². The number of aromatic nitrogens is 6. The topological polar surface area (TPSA) is 45.7 Å². The monoisotopic (exact) mass is 939 g/mol. The fraction of sp³-hybridized carbons (Fsp3) is 0.0196. The molecular formula is C51H32N6OPt-2. The van der Waals surface area contributed by atoms with Crippen LogP contribution < -0.4 is 9.30 Å². The molecule has 284 valence electrons. The summed E-state index contributed by atoms with van der Waals surface area (Å²) in [4.78, 5) is 4.99. The number of ether oxygens (including phenoxy) is 1. The zero-order chi connectivity index (χ0) is 38.3. The first kappa shape index (κ1) is 35.0. The molecular weight excluding hydrogens is 908 g/mol. The number of hydrogen-bond donors (Lipinski definition) is 0. The normalized spacial score (nSPS) is 11.7. The van der Waals surface area contributed by atoms with Gasteiger partial charge in [-0.1, -0.05) is 84.4 Å². The Morgan fingerprint density at radius 3 is 1.98 bits per heavy atom. The number of para-hydroxylation sites is 4. The van der Waals surface area contributed by atoms with E-state index in [0.29, 0.717) is 11.5 Å². The third kappa shape index (κ3) is 5.32. The van der Waals surface area contributed by atoms with Gasteiger partial charge in [-0.05, 0) is 59.6 Å². The van der Waals surface area contributed by atoms with E-state index >= 15 is 0 Å². The smallest absolute Gasteiger partial charge is 0.267 e. The van der Waals surface area contributed by atoms with E-state index in [9.17, 15) is 0 Å². The number of benzene rings is 7. The van der Waals surface area contributed by atoms with Crippen molar-refractivity contribution in [3.63, 3.8) is 0 Å². The van der Waals surface area contributed by atoms with Gasteiger partial charge in [0, 0.05) is 91.0 Å². The molecule has 0 saturated carbocycles. The maximum atomic E-state index is 6.63. The van der Waals surface area contributed by atoms with Crippen LogP contribution in [0.3, 0.4) is 0 Å². The first-order chi connectivity index (χ1) is 28.7. The molecule has 7 nitrogen and oxygen atoms in total. The molecule has 0 radical (unpaired) electrons. The minimum atomic E-state index is 0. The summed E-state index contributed by atoms with van der Waals surface area (Å²) in [5.74, 6) is 1.95. The number of aryl methyl sites for hydroxylation is 1. The van der Waals surface area contributed by atoms with Crippen molar-refractivity contribution in [2.24, 2.45) is 7.05 Å². The van der Waals surface area contributed by atoms with E-state index in [4.69, 9.17) is 9.72 Å². The molecule has 0 fully saturated rings. The molecule has 12 aromatic rings. The van der Waals surface area contributed by atoms with Crippen molar-refractivity contribution < 1.29 is 30.4 Å². The Morgan fingerprint density at radius 1 is 0.542 bits per heavy atom. The number of imidazole rings is 1. The molecule has 0 saturated heterocycles. The minimum absolute atomic E-state index is 0. The van der Waals surface area contributed by atoms with Crippen LogP contribution >= 0.6 is 0 Å². The molecule has 0 atom stereocenters. The zero-order valence-corrected chi connectivity index (χ0v) is 33.9. The van der Waals surface area contributed by atoms with Crippen molar-refractivity contribution in [1.82, 2.24) is 23.3 Å². The summed E-state index contributed by atoms with van der Waals surface area (Å²) in [7, 11) is 2.19. The molecule has 59 heavy (non-hydrogen) atoms. The third-order valence-corrected chi connectivity index (χ3v) is 11.3. The molecule has 0 amide bonds. The van der Waals surface area contributed by atoms with Gasteiger partial charge in [0.05, 0.1) is 27.8 Å². The van der Waals surface area contributed by atoms with Crippen molar-refractivity contribution in [3.05, 3.63) is 195 Å². The Balaban J connectivity index is 0.00000397. The Bertz CT molecular complexity index is 3550. The van der Waals surface area contributed by atoms with Crippen molar-refractivity contribution >= 4 is 65.4 Å². The van der Waals surface area contributed by atoms with E-state index < -0.39 is 0 Å². The van der Waals surface area contributed by atoms with Gasteiger partial charge in [0.15, 0.2) is 0 Å². The predicted molar refractivity (Wildman–Crippen MR) is 231 cm³/mol. The van der Waals surface area contributed by atoms with Gasteiger partial charge < -0.3 is 23.0 Å². The van der Waals surface area contributed by atoms with Crippen LogP contribution in [0.5, 0.6) is 11.5 Å². The Morgan fingerprint density at radius 2 is 1.20 bits per heavy atom. The molecule has 0 unspecified atom stereocenters. The fourth-order valence-corrected chi connectivity index (χ4v) is 8.87. The van der Waals surface area contributed by atoms with E-state index in [1.54, 1.807) is 0 Å². The van der Waals surface area contributed by atoms with Crippen LogP contribution in [0, 0.1) is 18.5 Å². The van der Waals surface area contributed by atoms with E-state index in [1.165, 1.54) is 32.6 Å². The van der Waals surface area contributed by atoms with Crippen LogP contribution in [0.15, 0.2) is 176 Å². The first-order valence-electron chi connectivity index (χ1n) is 19.3. The van der Waals surface area contributed by atoms with Crippen molar-refractivity contribution in [1.29, 1.82) is 0 Å². The number of fused-ring (bicyclic) bond motifs is 12. The molecule has 0 aliphatic rings. The summed E-state index contributed by atoms with van der Waals surface area (Å²) in [6.07, 6.45) is 9.20. The van der Waals surface area contributed by atoms with Crippen LogP contribution in [0.1, 0.15) is 0 Å². The quantitative estimate of drug-likeness (QED) is 0.123. The van der Waals surface area contributed by atoms with Gasteiger partial charge >= 0.3 is 0 Å². The van der Waals surface area contributed by atoms with Crippen LogP contribution in [0.25, 0.3) is 88.3 Å². The van der Waals surface area contributed by atoms with E-state index in [0.717, 1.165) is 55.7 Å². The van der Waals surface area contributed by atoms with E-state index in [1.807, 2.05) is 82.3 Å². The molecule has 0 aliphatic heterocycles.